The smallest absolute Gasteiger partial charge is 0.0328 e. The van der Waals surface area contributed by atoms with E-state index in [1.54, 1.807) is 5.57 Å². The van der Waals surface area contributed by atoms with E-state index < -0.39 is 0 Å². The Morgan fingerprint density at radius 1 is 1.17 bits per heavy atom. The fourth-order valence-corrected chi connectivity index (χ4v) is 7.98. The summed E-state index contributed by atoms with van der Waals surface area (Å²) in [4.78, 5) is 3.33. The monoisotopic (exact) mass is 470 g/mol. The molecule has 5 aliphatic rings. The highest BCUT2D eigenvalue weighted by atomic mass is 79.9. The first-order valence-electron chi connectivity index (χ1n) is 12.3. The Bertz CT molecular complexity index is 800. The lowest BCUT2D eigenvalue weighted by Gasteiger charge is -2.47. The largest absolute Gasteiger partial charge is 0.390 e. The highest BCUT2D eigenvalue weighted by Gasteiger charge is 2.59. The van der Waals surface area contributed by atoms with E-state index in [1.165, 1.54) is 69.3 Å². The van der Waals surface area contributed by atoms with Crippen molar-refractivity contribution in [3.63, 3.8) is 0 Å². The van der Waals surface area contributed by atoms with Crippen LogP contribution in [0.2, 0.25) is 0 Å². The molecule has 2 heterocycles. The molecule has 3 aliphatic carbocycles. The zero-order valence-corrected chi connectivity index (χ0v) is 20.7. The van der Waals surface area contributed by atoms with Crippen LogP contribution >= 0.6 is 15.9 Å². The SMILES string of the molecule is CC1=CCC(C2CCN(CC3=CNC[C@]34CC[C@H]3C[C@@H](Br)C=C[C@@]34C)CC2)C=C1C. The van der Waals surface area contributed by atoms with Gasteiger partial charge in [-0.3, -0.25) is 4.90 Å². The Labute approximate surface area is 192 Å². The third kappa shape index (κ3) is 3.39. The van der Waals surface area contributed by atoms with Gasteiger partial charge >= 0.3 is 0 Å². The number of likely N-dealkylation sites (tertiary alicyclic amines) is 1. The van der Waals surface area contributed by atoms with Crippen LogP contribution in [0.4, 0.5) is 0 Å². The van der Waals surface area contributed by atoms with Gasteiger partial charge < -0.3 is 5.32 Å². The third-order valence-corrected chi connectivity index (χ3v) is 10.3. The van der Waals surface area contributed by atoms with Crippen LogP contribution < -0.4 is 5.32 Å². The van der Waals surface area contributed by atoms with Gasteiger partial charge in [0.1, 0.15) is 0 Å². The Kier molecular flexibility index (Phi) is 5.59. The lowest BCUT2D eigenvalue weighted by Crippen LogP contribution is -2.46. The number of hydrogen-bond donors (Lipinski definition) is 1. The van der Waals surface area contributed by atoms with Gasteiger partial charge in [0.15, 0.2) is 0 Å². The summed E-state index contributed by atoms with van der Waals surface area (Å²) in [5.74, 6) is 2.46. The number of halogens is 1. The van der Waals surface area contributed by atoms with E-state index >= 15 is 0 Å². The summed E-state index contributed by atoms with van der Waals surface area (Å²) in [7, 11) is 0. The van der Waals surface area contributed by atoms with Crippen molar-refractivity contribution in [1.82, 2.24) is 10.2 Å². The fourth-order valence-electron chi connectivity index (χ4n) is 7.38. The summed E-state index contributed by atoms with van der Waals surface area (Å²) in [6.07, 6.45) is 20.5. The van der Waals surface area contributed by atoms with Gasteiger partial charge in [-0.05, 0) is 100 Å². The van der Waals surface area contributed by atoms with E-state index in [9.17, 15) is 0 Å². The molecule has 1 saturated heterocycles. The maximum absolute atomic E-state index is 3.85. The van der Waals surface area contributed by atoms with Crippen LogP contribution in [0.3, 0.4) is 0 Å². The average molecular weight is 472 g/mol. The summed E-state index contributed by atoms with van der Waals surface area (Å²) in [6.45, 7) is 12.0. The van der Waals surface area contributed by atoms with Crippen LogP contribution in [0.25, 0.3) is 0 Å². The van der Waals surface area contributed by atoms with Crippen molar-refractivity contribution >= 4 is 15.9 Å². The highest BCUT2D eigenvalue weighted by Crippen LogP contribution is 2.64. The van der Waals surface area contributed by atoms with Gasteiger partial charge in [-0.25, -0.2) is 0 Å². The van der Waals surface area contributed by atoms with Crippen LogP contribution in [-0.2, 0) is 0 Å². The molecule has 5 rings (SSSR count). The minimum Gasteiger partial charge on any atom is -0.390 e. The second kappa shape index (κ2) is 7.96. The fraction of sp³-hybridized carbons (Fsp3) is 0.704. The number of piperidine rings is 1. The number of allylic oxidation sites excluding steroid dienone is 6. The minimum absolute atomic E-state index is 0.319. The summed E-state index contributed by atoms with van der Waals surface area (Å²) in [5, 5.41) is 3.69. The second-order valence-electron chi connectivity index (χ2n) is 11.0. The number of alkyl halides is 1. The quantitative estimate of drug-likeness (QED) is 0.388. The number of nitrogens with zero attached hydrogens (tertiary/aromatic N) is 1. The molecule has 0 bridgehead atoms. The predicted octanol–water partition coefficient (Wildman–Crippen LogP) is 6.22. The van der Waals surface area contributed by atoms with Gasteiger partial charge in [-0.1, -0.05) is 58.3 Å². The average Bonchev–Trinajstić information content (AvgIpc) is 3.27. The third-order valence-electron chi connectivity index (χ3n) is 9.67. The number of rotatable bonds is 3. The highest BCUT2D eigenvalue weighted by molar-refractivity contribution is 9.09. The molecule has 2 fully saturated rings. The zero-order valence-electron chi connectivity index (χ0n) is 19.1. The molecule has 0 aromatic heterocycles. The van der Waals surface area contributed by atoms with E-state index in [0.29, 0.717) is 15.7 Å². The van der Waals surface area contributed by atoms with Gasteiger partial charge in [0.2, 0.25) is 0 Å². The summed E-state index contributed by atoms with van der Waals surface area (Å²) in [5.41, 5.74) is 5.34. The zero-order chi connectivity index (χ0) is 20.9. The topological polar surface area (TPSA) is 15.3 Å². The Balaban J connectivity index is 1.24. The van der Waals surface area contributed by atoms with Crippen molar-refractivity contribution in [2.45, 2.75) is 64.1 Å². The summed E-state index contributed by atoms with van der Waals surface area (Å²) < 4.78 is 0. The first kappa shape index (κ1) is 21.1. The molecule has 1 spiro atoms. The molecule has 164 valence electrons. The summed E-state index contributed by atoms with van der Waals surface area (Å²) in [6, 6.07) is 0. The molecule has 5 atom stereocenters. The molecular weight excluding hydrogens is 432 g/mol. The van der Waals surface area contributed by atoms with Gasteiger partial charge in [0.25, 0.3) is 0 Å². The molecular formula is C27H39BrN2. The molecule has 1 unspecified atom stereocenters. The van der Waals surface area contributed by atoms with Crippen molar-refractivity contribution in [2.75, 3.05) is 26.2 Å². The van der Waals surface area contributed by atoms with E-state index in [0.717, 1.165) is 24.3 Å². The molecule has 3 heteroatoms. The standard InChI is InChI=1S/C27H39BrN2/c1-19-4-5-22(14-20(19)2)21-8-12-30(13-9-21)17-24-16-29-18-27(24)11-6-23-15-25(28)7-10-26(23,27)3/h4,7,10,14,16,21-23,25,29H,5-6,8-9,11-13,15,17-18H2,1-3H3/t22?,23-,25-,26-,27+/m0/s1. The number of fused-ring (bicyclic) bond motifs is 2. The number of hydrogen-bond acceptors (Lipinski definition) is 2. The van der Waals surface area contributed by atoms with Crippen molar-refractivity contribution in [2.24, 2.45) is 28.6 Å². The first-order chi connectivity index (χ1) is 14.4. The molecule has 30 heavy (non-hydrogen) atoms. The molecule has 1 saturated carbocycles. The normalized spacial score (nSPS) is 42.0. The molecule has 0 aromatic rings. The van der Waals surface area contributed by atoms with E-state index in [1.807, 2.05) is 0 Å². The molecule has 2 aliphatic heterocycles. The maximum atomic E-state index is 3.85. The van der Waals surface area contributed by atoms with Gasteiger partial charge in [0.05, 0.1) is 0 Å². The lowest BCUT2D eigenvalue weighted by atomic mass is 9.58. The number of nitrogens with one attached hydrogen (secondary N) is 1. The molecule has 0 aromatic carbocycles. The molecule has 2 nitrogen and oxygen atoms in total. The predicted molar refractivity (Wildman–Crippen MR) is 131 cm³/mol. The molecule has 0 amide bonds. The van der Waals surface area contributed by atoms with Crippen molar-refractivity contribution in [3.8, 4) is 0 Å². The van der Waals surface area contributed by atoms with Gasteiger partial charge in [0, 0.05) is 23.3 Å². The van der Waals surface area contributed by atoms with E-state index in [2.05, 4.69) is 77.4 Å². The molecule has 1 N–H and O–H groups in total. The molecule has 0 radical (unpaired) electrons. The lowest BCUT2D eigenvalue weighted by molar-refractivity contribution is 0.119. The van der Waals surface area contributed by atoms with Gasteiger partial charge in [-0.2, -0.15) is 0 Å². The maximum Gasteiger partial charge on any atom is 0.0328 e. The van der Waals surface area contributed by atoms with Crippen LogP contribution in [-0.4, -0.2) is 35.9 Å². The van der Waals surface area contributed by atoms with Crippen molar-refractivity contribution in [3.05, 3.63) is 47.2 Å². The Morgan fingerprint density at radius 2 is 1.97 bits per heavy atom. The summed E-state index contributed by atoms with van der Waals surface area (Å²) >= 11 is 3.85. The second-order valence-corrected chi connectivity index (χ2v) is 12.2. The van der Waals surface area contributed by atoms with Crippen LogP contribution in [0.1, 0.15) is 59.3 Å². The van der Waals surface area contributed by atoms with Crippen molar-refractivity contribution < 1.29 is 0 Å². The van der Waals surface area contributed by atoms with Crippen LogP contribution in [0, 0.1) is 28.6 Å². The van der Waals surface area contributed by atoms with E-state index in [4.69, 9.17) is 0 Å². The van der Waals surface area contributed by atoms with E-state index in [-0.39, 0.29) is 0 Å². The first-order valence-corrected chi connectivity index (χ1v) is 13.2. The van der Waals surface area contributed by atoms with Crippen LogP contribution in [0.5, 0.6) is 0 Å². The Hall–Kier alpha value is -0.800. The van der Waals surface area contributed by atoms with Crippen LogP contribution in [0.15, 0.2) is 47.2 Å². The van der Waals surface area contributed by atoms with Crippen molar-refractivity contribution in [1.29, 1.82) is 0 Å². The minimum atomic E-state index is 0.319. The van der Waals surface area contributed by atoms with Gasteiger partial charge in [-0.15, -0.1) is 0 Å². The Morgan fingerprint density at radius 3 is 2.73 bits per heavy atom.